The average molecular weight is 246 g/mol. The maximum Gasteiger partial charge on any atom is 0.251 e. The summed E-state index contributed by atoms with van der Waals surface area (Å²) in [6.45, 7) is 2.19. The van der Waals surface area contributed by atoms with Crippen LogP contribution in [-0.2, 0) is 6.54 Å². The van der Waals surface area contributed by atoms with Gasteiger partial charge in [-0.15, -0.1) is 10.2 Å². The van der Waals surface area contributed by atoms with Crippen LogP contribution in [0.5, 0.6) is 0 Å². The van der Waals surface area contributed by atoms with Gasteiger partial charge in [-0.2, -0.15) is 5.21 Å². The highest BCUT2D eigenvalue weighted by atomic mass is 16.1. The summed E-state index contributed by atoms with van der Waals surface area (Å²) in [5, 5.41) is 16.2. The number of aromatic amines is 1. The molecule has 18 heavy (non-hydrogen) atoms. The molecule has 7 heteroatoms. The Balaban J connectivity index is 2.07. The second kappa shape index (κ2) is 5.37. The molecule has 1 aromatic carbocycles. The van der Waals surface area contributed by atoms with Crippen LogP contribution in [0.25, 0.3) is 0 Å². The molecule has 0 spiro atoms. The molecule has 0 saturated carbocycles. The van der Waals surface area contributed by atoms with Gasteiger partial charge >= 0.3 is 0 Å². The lowest BCUT2D eigenvalue weighted by molar-refractivity contribution is 0.0938. The van der Waals surface area contributed by atoms with Crippen molar-refractivity contribution in [2.45, 2.75) is 19.5 Å². The summed E-state index contributed by atoms with van der Waals surface area (Å²) in [6, 6.07) is 6.86. The standard InChI is InChI=1S/C11H14N6O/c1-7(10-14-16-17-15-10)13-11(18)9-4-2-3-8(5-9)6-12/h2-5,7H,6,12H2,1H3,(H,13,18)(H,14,15,16,17). The first-order valence-corrected chi connectivity index (χ1v) is 5.54. The highest BCUT2D eigenvalue weighted by Gasteiger charge is 2.14. The SMILES string of the molecule is CC(NC(=O)c1cccc(CN)c1)c1nn[nH]n1. The number of H-pyrrole nitrogens is 1. The van der Waals surface area contributed by atoms with Crippen molar-refractivity contribution in [2.24, 2.45) is 5.73 Å². The first kappa shape index (κ1) is 12.2. The summed E-state index contributed by atoms with van der Waals surface area (Å²) in [5.74, 6) is 0.251. The van der Waals surface area contributed by atoms with Crippen LogP contribution >= 0.6 is 0 Å². The zero-order valence-corrected chi connectivity index (χ0v) is 9.92. The highest BCUT2D eigenvalue weighted by molar-refractivity contribution is 5.94. The lowest BCUT2D eigenvalue weighted by Crippen LogP contribution is -2.27. The molecule has 7 nitrogen and oxygen atoms in total. The van der Waals surface area contributed by atoms with Gasteiger partial charge in [0.2, 0.25) is 0 Å². The van der Waals surface area contributed by atoms with Gasteiger partial charge in [0.05, 0.1) is 6.04 Å². The van der Waals surface area contributed by atoms with E-state index >= 15 is 0 Å². The summed E-state index contributed by atoms with van der Waals surface area (Å²) < 4.78 is 0. The summed E-state index contributed by atoms with van der Waals surface area (Å²) in [5.41, 5.74) is 7.01. The Hall–Kier alpha value is -2.28. The Morgan fingerprint density at radius 3 is 3.06 bits per heavy atom. The molecule has 4 N–H and O–H groups in total. The number of carbonyl (C=O) groups excluding carboxylic acids is 1. The van der Waals surface area contributed by atoms with Crippen LogP contribution in [0.3, 0.4) is 0 Å². The van der Waals surface area contributed by atoms with Crippen LogP contribution in [0, 0.1) is 0 Å². The number of nitrogens with two attached hydrogens (primary N) is 1. The number of nitrogens with zero attached hydrogens (tertiary/aromatic N) is 3. The van der Waals surface area contributed by atoms with Crippen LogP contribution in [-0.4, -0.2) is 26.5 Å². The lowest BCUT2D eigenvalue weighted by Gasteiger charge is -2.10. The minimum absolute atomic E-state index is 0.192. The van der Waals surface area contributed by atoms with Gasteiger partial charge in [0.15, 0.2) is 5.82 Å². The van der Waals surface area contributed by atoms with Crippen molar-refractivity contribution >= 4 is 5.91 Å². The molecule has 0 fully saturated rings. The second-order valence-electron chi connectivity index (χ2n) is 3.87. The van der Waals surface area contributed by atoms with E-state index in [-0.39, 0.29) is 11.9 Å². The molecule has 1 amide bonds. The number of carbonyl (C=O) groups is 1. The molecule has 0 aliphatic rings. The maximum absolute atomic E-state index is 12.0. The molecule has 0 saturated heterocycles. The molecule has 0 bridgehead atoms. The van der Waals surface area contributed by atoms with Gasteiger partial charge in [-0.3, -0.25) is 4.79 Å². The van der Waals surface area contributed by atoms with Gasteiger partial charge in [0, 0.05) is 12.1 Å². The Morgan fingerprint density at radius 1 is 1.56 bits per heavy atom. The lowest BCUT2D eigenvalue weighted by atomic mass is 10.1. The van der Waals surface area contributed by atoms with Crippen molar-refractivity contribution in [3.63, 3.8) is 0 Å². The fraction of sp³-hybridized carbons (Fsp3) is 0.273. The molecule has 0 radical (unpaired) electrons. The summed E-state index contributed by atoms with van der Waals surface area (Å²) in [6.07, 6.45) is 0. The molecule has 1 heterocycles. The van der Waals surface area contributed by atoms with Crippen LogP contribution in [0.2, 0.25) is 0 Å². The van der Waals surface area contributed by atoms with Crippen LogP contribution in [0.4, 0.5) is 0 Å². The van der Waals surface area contributed by atoms with E-state index in [0.717, 1.165) is 5.56 Å². The summed E-state index contributed by atoms with van der Waals surface area (Å²) >= 11 is 0. The Bertz CT molecular complexity index is 524. The number of aromatic nitrogens is 4. The van der Waals surface area contributed by atoms with Crippen molar-refractivity contribution in [1.82, 2.24) is 25.9 Å². The first-order valence-electron chi connectivity index (χ1n) is 5.54. The van der Waals surface area contributed by atoms with Gasteiger partial charge in [0.1, 0.15) is 0 Å². The van der Waals surface area contributed by atoms with Crippen molar-refractivity contribution in [3.8, 4) is 0 Å². The molecule has 2 rings (SSSR count). The van der Waals surface area contributed by atoms with Gasteiger partial charge in [-0.05, 0) is 24.6 Å². The molecule has 0 aliphatic carbocycles. The van der Waals surface area contributed by atoms with Crippen molar-refractivity contribution in [3.05, 3.63) is 41.2 Å². The third kappa shape index (κ3) is 2.69. The normalized spacial score (nSPS) is 12.1. The average Bonchev–Trinajstić information content (AvgIpc) is 2.92. The molecule has 1 unspecified atom stereocenters. The fourth-order valence-electron chi connectivity index (χ4n) is 1.54. The molecule has 0 aliphatic heterocycles. The van der Waals surface area contributed by atoms with E-state index in [2.05, 4.69) is 25.9 Å². The maximum atomic E-state index is 12.0. The topological polar surface area (TPSA) is 110 Å². The predicted octanol–water partition coefficient (Wildman–Crippen LogP) is 0.149. The van der Waals surface area contributed by atoms with Crippen molar-refractivity contribution < 1.29 is 4.79 Å². The summed E-state index contributed by atoms with van der Waals surface area (Å²) in [7, 11) is 0. The number of amides is 1. The van der Waals surface area contributed by atoms with E-state index in [1.807, 2.05) is 6.07 Å². The summed E-state index contributed by atoms with van der Waals surface area (Å²) in [4.78, 5) is 12.0. The van der Waals surface area contributed by atoms with Gasteiger partial charge in [-0.1, -0.05) is 17.3 Å². The minimum Gasteiger partial charge on any atom is -0.342 e. The molecule has 94 valence electrons. The number of benzene rings is 1. The van der Waals surface area contributed by atoms with E-state index in [1.165, 1.54) is 0 Å². The van der Waals surface area contributed by atoms with E-state index in [1.54, 1.807) is 25.1 Å². The number of rotatable bonds is 4. The zero-order valence-electron chi connectivity index (χ0n) is 9.92. The first-order chi connectivity index (χ1) is 8.70. The zero-order chi connectivity index (χ0) is 13.0. The number of hydrogen-bond acceptors (Lipinski definition) is 5. The number of tetrazole rings is 1. The van der Waals surface area contributed by atoms with Crippen LogP contribution < -0.4 is 11.1 Å². The van der Waals surface area contributed by atoms with E-state index < -0.39 is 0 Å². The Labute approximate surface area is 104 Å². The Kier molecular flexibility index (Phi) is 3.63. The molecular formula is C11H14N6O. The number of hydrogen-bond donors (Lipinski definition) is 3. The monoisotopic (exact) mass is 246 g/mol. The molecular weight excluding hydrogens is 232 g/mol. The molecule has 2 aromatic rings. The van der Waals surface area contributed by atoms with E-state index in [0.29, 0.717) is 17.9 Å². The smallest absolute Gasteiger partial charge is 0.251 e. The third-order valence-electron chi connectivity index (χ3n) is 2.52. The predicted molar refractivity (Wildman–Crippen MR) is 64.4 cm³/mol. The number of nitrogens with one attached hydrogen (secondary N) is 2. The molecule has 1 aromatic heterocycles. The quantitative estimate of drug-likeness (QED) is 0.711. The van der Waals surface area contributed by atoms with Gasteiger partial charge in [-0.25, -0.2) is 0 Å². The van der Waals surface area contributed by atoms with Crippen molar-refractivity contribution in [2.75, 3.05) is 0 Å². The van der Waals surface area contributed by atoms with Gasteiger partial charge < -0.3 is 11.1 Å². The second-order valence-corrected chi connectivity index (χ2v) is 3.87. The van der Waals surface area contributed by atoms with E-state index in [9.17, 15) is 4.79 Å². The highest BCUT2D eigenvalue weighted by Crippen LogP contribution is 2.08. The Morgan fingerprint density at radius 2 is 2.39 bits per heavy atom. The fourth-order valence-corrected chi connectivity index (χ4v) is 1.54. The molecule has 1 atom stereocenters. The minimum atomic E-state index is -0.308. The third-order valence-corrected chi connectivity index (χ3v) is 2.52. The van der Waals surface area contributed by atoms with Gasteiger partial charge in [0.25, 0.3) is 5.91 Å². The van der Waals surface area contributed by atoms with E-state index in [4.69, 9.17) is 5.73 Å². The van der Waals surface area contributed by atoms with Crippen molar-refractivity contribution in [1.29, 1.82) is 0 Å². The largest absolute Gasteiger partial charge is 0.342 e. The van der Waals surface area contributed by atoms with Crippen LogP contribution in [0.1, 0.15) is 34.7 Å². The van der Waals surface area contributed by atoms with Crippen LogP contribution in [0.15, 0.2) is 24.3 Å².